The van der Waals surface area contributed by atoms with Gasteiger partial charge in [-0.05, 0) is 29.8 Å². The molecule has 3 aromatic rings. The number of hydrogen-bond donors (Lipinski definition) is 0. The van der Waals surface area contributed by atoms with Crippen LogP contribution < -0.4 is 9.47 Å². The molecule has 0 N–H and O–H groups in total. The fraction of sp³-hybridized carbons (Fsp3) is 0.143. The number of nitro groups is 2. The van der Waals surface area contributed by atoms with Crippen molar-refractivity contribution in [2.45, 2.75) is 6.61 Å². The van der Waals surface area contributed by atoms with Crippen LogP contribution in [0.5, 0.6) is 11.5 Å². The van der Waals surface area contributed by atoms with Gasteiger partial charge in [-0.1, -0.05) is 12.1 Å². The average Bonchev–Trinajstić information content (AvgIpc) is 3.18. The molecule has 170 valence electrons. The summed E-state index contributed by atoms with van der Waals surface area (Å²) in [4.78, 5) is 33.2. The predicted molar refractivity (Wildman–Crippen MR) is 114 cm³/mol. The van der Waals surface area contributed by atoms with Crippen molar-refractivity contribution in [3.8, 4) is 11.5 Å². The number of benzene rings is 2. The Balaban J connectivity index is 1.83. The largest absolute Gasteiger partial charge is 0.496 e. The van der Waals surface area contributed by atoms with Gasteiger partial charge in [0.2, 0.25) is 11.5 Å². The molecule has 0 unspecified atom stereocenters. The van der Waals surface area contributed by atoms with E-state index in [1.54, 1.807) is 18.2 Å². The van der Waals surface area contributed by atoms with Gasteiger partial charge in [0.1, 0.15) is 24.4 Å². The minimum atomic E-state index is -0.693. The summed E-state index contributed by atoms with van der Waals surface area (Å²) >= 11 is 0. The molecule has 0 bridgehead atoms. The van der Waals surface area contributed by atoms with Crippen molar-refractivity contribution in [1.29, 1.82) is 0 Å². The maximum absolute atomic E-state index is 13.5. The quantitative estimate of drug-likeness (QED) is 0.205. The van der Waals surface area contributed by atoms with Crippen LogP contribution in [-0.4, -0.2) is 32.5 Å². The van der Waals surface area contributed by atoms with E-state index in [1.165, 1.54) is 24.9 Å². The number of aryl methyl sites for hydroxylation is 1. The van der Waals surface area contributed by atoms with Crippen molar-refractivity contribution in [3.63, 3.8) is 0 Å². The van der Waals surface area contributed by atoms with Gasteiger partial charge in [-0.2, -0.15) is 5.10 Å². The Morgan fingerprint density at radius 2 is 1.85 bits per heavy atom. The first-order valence-electron chi connectivity index (χ1n) is 9.33. The van der Waals surface area contributed by atoms with Gasteiger partial charge >= 0.3 is 11.4 Å². The van der Waals surface area contributed by atoms with E-state index in [9.17, 15) is 29.4 Å². The zero-order chi connectivity index (χ0) is 24.1. The van der Waals surface area contributed by atoms with E-state index in [-0.39, 0.29) is 18.1 Å². The second-order valence-corrected chi connectivity index (χ2v) is 6.72. The monoisotopic (exact) mass is 456 g/mol. The number of aromatic nitrogens is 2. The molecule has 0 atom stereocenters. The minimum Gasteiger partial charge on any atom is -0.496 e. The van der Waals surface area contributed by atoms with Crippen LogP contribution in [0.1, 0.15) is 21.6 Å². The summed E-state index contributed by atoms with van der Waals surface area (Å²) < 4.78 is 25.4. The first kappa shape index (κ1) is 23.1. The molecule has 1 aromatic heterocycles. The first-order chi connectivity index (χ1) is 15.7. The summed E-state index contributed by atoms with van der Waals surface area (Å²) in [5.41, 5.74) is -0.111. The number of ether oxygens (including phenoxy) is 2. The Morgan fingerprint density at radius 1 is 1.12 bits per heavy atom. The third-order valence-corrected chi connectivity index (χ3v) is 4.47. The number of halogens is 1. The second kappa shape index (κ2) is 9.68. The van der Waals surface area contributed by atoms with E-state index in [0.29, 0.717) is 16.9 Å². The molecule has 1 heterocycles. The molecule has 0 aliphatic heterocycles. The maximum atomic E-state index is 13.5. The molecule has 0 saturated carbocycles. The van der Waals surface area contributed by atoms with Crippen LogP contribution in [0.15, 0.2) is 48.7 Å². The Hall–Kier alpha value is -4.61. The maximum Gasteiger partial charge on any atom is 0.318 e. The van der Waals surface area contributed by atoms with E-state index in [1.807, 2.05) is 0 Å². The molecule has 11 nitrogen and oxygen atoms in total. The highest BCUT2D eigenvalue weighted by Crippen LogP contribution is 2.30. The summed E-state index contributed by atoms with van der Waals surface area (Å²) in [5, 5.41) is 26.1. The topological polar surface area (TPSA) is 140 Å². The molecular formula is C21H17FN4O7. The van der Waals surface area contributed by atoms with Crippen LogP contribution in [-0.2, 0) is 13.7 Å². The van der Waals surface area contributed by atoms with Gasteiger partial charge in [0.15, 0.2) is 5.75 Å². The highest BCUT2D eigenvalue weighted by molar-refractivity contribution is 6.08. The fourth-order valence-electron chi connectivity index (χ4n) is 2.96. The van der Waals surface area contributed by atoms with Gasteiger partial charge in [0.05, 0.1) is 17.0 Å². The Bertz CT molecular complexity index is 1270. The Kier molecular flexibility index (Phi) is 6.77. The summed E-state index contributed by atoms with van der Waals surface area (Å²) in [6, 6.07) is 7.69. The molecule has 0 aliphatic carbocycles. The normalized spacial score (nSPS) is 10.9. The predicted octanol–water partition coefficient (Wildman–Crippen LogP) is 3.86. The van der Waals surface area contributed by atoms with Crippen molar-refractivity contribution >= 4 is 23.2 Å². The van der Waals surface area contributed by atoms with Gasteiger partial charge < -0.3 is 9.47 Å². The molecule has 0 aliphatic rings. The van der Waals surface area contributed by atoms with Gasteiger partial charge in [-0.3, -0.25) is 29.7 Å². The van der Waals surface area contributed by atoms with E-state index in [4.69, 9.17) is 9.47 Å². The lowest BCUT2D eigenvalue weighted by atomic mass is 10.1. The molecule has 12 heteroatoms. The number of hydrogen-bond acceptors (Lipinski definition) is 8. The zero-order valence-electron chi connectivity index (χ0n) is 17.4. The molecule has 2 aromatic carbocycles. The molecular weight excluding hydrogens is 439 g/mol. The van der Waals surface area contributed by atoms with Gasteiger partial charge in [0, 0.05) is 24.7 Å². The molecule has 0 radical (unpaired) electrons. The second-order valence-electron chi connectivity index (χ2n) is 6.72. The van der Waals surface area contributed by atoms with Crippen molar-refractivity contribution in [2.75, 3.05) is 7.11 Å². The molecule has 0 spiro atoms. The molecule has 0 amide bonds. The molecule has 0 saturated heterocycles. The molecule has 3 rings (SSSR count). The van der Waals surface area contributed by atoms with Crippen LogP contribution in [0.3, 0.4) is 0 Å². The average molecular weight is 456 g/mol. The SMILES string of the molecule is COc1ccc(/C=C/C(=O)c2nn(C)cc2[N+](=O)[O-])cc1COc1cc(F)ccc1[N+](=O)[O-]. The van der Waals surface area contributed by atoms with Crippen LogP contribution in [0, 0.1) is 26.0 Å². The van der Waals surface area contributed by atoms with Crippen molar-refractivity contribution < 1.29 is 28.5 Å². The van der Waals surface area contributed by atoms with Crippen molar-refractivity contribution in [2.24, 2.45) is 7.05 Å². The number of nitro benzene ring substituents is 1. The van der Waals surface area contributed by atoms with Crippen LogP contribution in [0.25, 0.3) is 6.08 Å². The van der Waals surface area contributed by atoms with Gasteiger partial charge in [-0.25, -0.2) is 4.39 Å². The van der Waals surface area contributed by atoms with E-state index in [0.717, 1.165) is 30.5 Å². The molecule has 33 heavy (non-hydrogen) atoms. The number of carbonyl (C=O) groups excluding carboxylic acids is 1. The summed E-state index contributed by atoms with van der Waals surface area (Å²) in [7, 11) is 2.88. The Labute approximate surface area is 186 Å². The van der Waals surface area contributed by atoms with Crippen molar-refractivity contribution in [3.05, 3.63) is 91.5 Å². The molecule has 0 fully saturated rings. The Morgan fingerprint density at radius 3 is 2.52 bits per heavy atom. The van der Waals surface area contributed by atoms with Crippen LogP contribution in [0.4, 0.5) is 15.8 Å². The lowest BCUT2D eigenvalue weighted by molar-refractivity contribution is -0.386. The lowest BCUT2D eigenvalue weighted by Gasteiger charge is -2.11. The standard InChI is InChI=1S/C21H17FN4O7/c1-24-11-17(26(30)31)21(23-24)18(27)7-3-13-4-8-19(32-2)14(9-13)12-33-20-10-15(22)5-6-16(20)25(28)29/h3-11H,12H2,1-2H3/b7-3+. The number of allylic oxidation sites excluding steroid dienone is 1. The highest BCUT2D eigenvalue weighted by Gasteiger charge is 2.23. The number of ketones is 1. The third-order valence-electron chi connectivity index (χ3n) is 4.47. The number of methoxy groups -OCH3 is 1. The summed E-state index contributed by atoms with van der Waals surface area (Å²) in [6.45, 7) is -0.186. The zero-order valence-corrected chi connectivity index (χ0v) is 17.4. The van der Waals surface area contributed by atoms with Gasteiger partial charge in [-0.15, -0.1) is 0 Å². The summed E-state index contributed by atoms with van der Waals surface area (Å²) in [6.07, 6.45) is 3.70. The van der Waals surface area contributed by atoms with Gasteiger partial charge in [0.25, 0.3) is 0 Å². The minimum absolute atomic E-state index is 0.186. The van der Waals surface area contributed by atoms with E-state index < -0.39 is 32.8 Å². The lowest BCUT2D eigenvalue weighted by Crippen LogP contribution is -2.02. The smallest absolute Gasteiger partial charge is 0.318 e. The number of rotatable bonds is 9. The highest BCUT2D eigenvalue weighted by atomic mass is 19.1. The number of carbonyl (C=O) groups is 1. The summed E-state index contributed by atoms with van der Waals surface area (Å²) in [5.74, 6) is -1.20. The van der Waals surface area contributed by atoms with Crippen LogP contribution >= 0.6 is 0 Å². The number of nitrogens with zero attached hydrogens (tertiary/aromatic N) is 4. The fourth-order valence-corrected chi connectivity index (χ4v) is 2.96. The van der Waals surface area contributed by atoms with Crippen LogP contribution in [0.2, 0.25) is 0 Å². The van der Waals surface area contributed by atoms with E-state index in [2.05, 4.69) is 5.10 Å². The third kappa shape index (κ3) is 5.36. The van der Waals surface area contributed by atoms with Crippen molar-refractivity contribution in [1.82, 2.24) is 9.78 Å². The van der Waals surface area contributed by atoms with E-state index >= 15 is 0 Å². The first-order valence-corrected chi connectivity index (χ1v) is 9.33.